The highest BCUT2D eigenvalue weighted by Crippen LogP contribution is 2.08. The Morgan fingerprint density at radius 3 is 2.67 bits per heavy atom. The monoisotopic (exact) mass is 300 g/mol. The number of primary amides is 1. The maximum absolute atomic E-state index is 11.6. The Morgan fingerprint density at radius 1 is 1.33 bits per heavy atom. The minimum Gasteiger partial charge on any atom is -0.444 e. The van der Waals surface area contributed by atoms with E-state index in [1.807, 2.05) is 20.8 Å². The van der Waals surface area contributed by atoms with Gasteiger partial charge >= 0.3 is 6.09 Å². The third-order valence-corrected chi connectivity index (χ3v) is 3.23. The van der Waals surface area contributed by atoms with Crippen LogP contribution in [-0.4, -0.2) is 61.3 Å². The molecule has 1 unspecified atom stereocenters. The third-order valence-electron chi connectivity index (χ3n) is 3.23. The molecule has 0 aromatic carbocycles. The molecular weight excluding hydrogens is 272 g/mol. The number of ether oxygens (including phenoxy) is 1. The summed E-state index contributed by atoms with van der Waals surface area (Å²) in [5.41, 5.74) is 4.97. The highest BCUT2D eigenvalue weighted by Gasteiger charge is 2.24. The van der Waals surface area contributed by atoms with Gasteiger partial charge in [-0.1, -0.05) is 0 Å². The molecule has 0 radical (unpaired) electrons. The van der Waals surface area contributed by atoms with E-state index in [1.165, 1.54) is 0 Å². The van der Waals surface area contributed by atoms with Crippen molar-refractivity contribution in [2.45, 2.75) is 45.3 Å². The molecule has 1 rings (SSSR count). The van der Waals surface area contributed by atoms with Crippen LogP contribution in [0.1, 0.15) is 33.6 Å². The van der Waals surface area contributed by atoms with E-state index in [2.05, 4.69) is 15.5 Å². The summed E-state index contributed by atoms with van der Waals surface area (Å²) < 4.78 is 5.16. The van der Waals surface area contributed by atoms with Crippen LogP contribution in [0.5, 0.6) is 0 Å². The van der Waals surface area contributed by atoms with Crippen molar-refractivity contribution in [3.05, 3.63) is 0 Å². The number of hydrogen-bond donors (Lipinski definition) is 3. The lowest BCUT2D eigenvalue weighted by Crippen LogP contribution is -2.48. The molecule has 0 aromatic heterocycles. The molecule has 0 spiro atoms. The zero-order chi connectivity index (χ0) is 15.9. The van der Waals surface area contributed by atoms with E-state index in [4.69, 9.17) is 10.5 Å². The van der Waals surface area contributed by atoms with Crippen molar-refractivity contribution in [3.63, 3.8) is 0 Å². The van der Waals surface area contributed by atoms with Gasteiger partial charge in [0.15, 0.2) is 0 Å². The first-order valence-corrected chi connectivity index (χ1v) is 7.50. The number of nitrogens with one attached hydrogen (secondary N) is 2. The maximum atomic E-state index is 11.6. The van der Waals surface area contributed by atoms with E-state index in [0.29, 0.717) is 13.0 Å². The number of nitrogens with zero attached hydrogens (tertiary/aromatic N) is 1. The first kappa shape index (κ1) is 17.7. The molecule has 21 heavy (non-hydrogen) atoms. The van der Waals surface area contributed by atoms with Crippen molar-refractivity contribution in [1.82, 2.24) is 15.5 Å². The fourth-order valence-electron chi connectivity index (χ4n) is 2.31. The molecule has 0 aromatic rings. The predicted molar refractivity (Wildman–Crippen MR) is 80.9 cm³/mol. The Morgan fingerprint density at radius 2 is 2.05 bits per heavy atom. The van der Waals surface area contributed by atoms with Gasteiger partial charge in [0.25, 0.3) is 0 Å². The average Bonchev–Trinajstić information content (AvgIpc) is 2.60. The molecule has 7 nitrogen and oxygen atoms in total. The third kappa shape index (κ3) is 7.29. The number of carbonyl (C=O) groups excluding carboxylic acids is 2. The van der Waals surface area contributed by atoms with Crippen LogP contribution in [0.4, 0.5) is 4.79 Å². The lowest BCUT2D eigenvalue weighted by atomic mass is 10.1. The molecule has 0 saturated carbocycles. The van der Waals surface area contributed by atoms with Gasteiger partial charge in [-0.3, -0.25) is 9.69 Å². The Bertz CT molecular complexity index is 347. The van der Waals surface area contributed by atoms with Crippen molar-refractivity contribution in [1.29, 1.82) is 0 Å². The molecule has 1 heterocycles. The second-order valence-electron chi connectivity index (χ2n) is 6.28. The Kier molecular flexibility index (Phi) is 6.91. The van der Waals surface area contributed by atoms with E-state index >= 15 is 0 Å². The second kappa shape index (κ2) is 8.19. The van der Waals surface area contributed by atoms with Crippen LogP contribution in [0.25, 0.3) is 0 Å². The first-order chi connectivity index (χ1) is 9.79. The van der Waals surface area contributed by atoms with Gasteiger partial charge in [0.1, 0.15) is 5.60 Å². The fourth-order valence-corrected chi connectivity index (χ4v) is 2.31. The number of alkyl carbamates (subject to hydrolysis) is 1. The number of carbonyl (C=O) groups is 2. The van der Waals surface area contributed by atoms with Crippen LogP contribution >= 0.6 is 0 Å². The molecule has 122 valence electrons. The topological polar surface area (TPSA) is 96.7 Å². The molecule has 7 heteroatoms. The fraction of sp³-hybridized carbons (Fsp3) is 0.857. The lowest BCUT2D eigenvalue weighted by Gasteiger charge is -2.28. The van der Waals surface area contributed by atoms with Crippen LogP contribution in [0.3, 0.4) is 0 Å². The van der Waals surface area contributed by atoms with Gasteiger partial charge in [0.05, 0.1) is 6.04 Å². The van der Waals surface area contributed by atoms with Crippen LogP contribution in [-0.2, 0) is 9.53 Å². The van der Waals surface area contributed by atoms with Gasteiger partial charge in [-0.05, 0) is 40.2 Å². The summed E-state index contributed by atoms with van der Waals surface area (Å²) in [6.07, 6.45) is 1.01. The molecule has 1 saturated heterocycles. The SMILES string of the molecule is CC(C)(C)OC(=O)NCCC(C(N)=O)N1CCCNCC1. The summed E-state index contributed by atoms with van der Waals surface area (Å²) in [5.74, 6) is -0.345. The van der Waals surface area contributed by atoms with Crippen molar-refractivity contribution in [3.8, 4) is 0 Å². The van der Waals surface area contributed by atoms with Gasteiger partial charge in [-0.15, -0.1) is 0 Å². The number of rotatable bonds is 5. The summed E-state index contributed by atoms with van der Waals surface area (Å²) in [4.78, 5) is 25.3. The van der Waals surface area contributed by atoms with Crippen molar-refractivity contribution >= 4 is 12.0 Å². The van der Waals surface area contributed by atoms with Crippen molar-refractivity contribution in [2.75, 3.05) is 32.7 Å². The van der Waals surface area contributed by atoms with Gasteiger partial charge in [0.2, 0.25) is 5.91 Å². The molecule has 2 amide bonds. The van der Waals surface area contributed by atoms with Crippen LogP contribution in [0.2, 0.25) is 0 Å². The molecular formula is C14H28N4O3. The first-order valence-electron chi connectivity index (χ1n) is 7.50. The Labute approximate surface area is 126 Å². The molecule has 4 N–H and O–H groups in total. The molecule has 1 fully saturated rings. The summed E-state index contributed by atoms with van der Waals surface area (Å²) in [6.45, 7) is 9.23. The maximum Gasteiger partial charge on any atom is 0.407 e. The summed E-state index contributed by atoms with van der Waals surface area (Å²) in [6, 6.07) is -0.347. The standard InChI is InChI=1S/C14H28N4O3/c1-14(2,3)21-13(20)17-7-5-11(12(15)19)18-9-4-6-16-8-10-18/h11,16H,4-10H2,1-3H3,(H2,15,19)(H,17,20). The van der Waals surface area contributed by atoms with Gasteiger partial charge < -0.3 is 21.1 Å². The van der Waals surface area contributed by atoms with Crippen LogP contribution in [0.15, 0.2) is 0 Å². The van der Waals surface area contributed by atoms with E-state index < -0.39 is 11.7 Å². The molecule has 0 aliphatic carbocycles. The van der Waals surface area contributed by atoms with Gasteiger partial charge in [0, 0.05) is 26.2 Å². The van der Waals surface area contributed by atoms with Crippen molar-refractivity contribution < 1.29 is 14.3 Å². The number of amides is 2. The summed E-state index contributed by atoms with van der Waals surface area (Å²) in [5, 5.41) is 5.96. The molecule has 1 aliphatic rings. The highest BCUT2D eigenvalue weighted by atomic mass is 16.6. The highest BCUT2D eigenvalue weighted by molar-refractivity contribution is 5.80. The largest absolute Gasteiger partial charge is 0.444 e. The van der Waals surface area contributed by atoms with Crippen LogP contribution in [0, 0.1) is 0 Å². The quantitative estimate of drug-likeness (QED) is 0.666. The number of hydrogen-bond acceptors (Lipinski definition) is 5. The van der Waals surface area contributed by atoms with E-state index in [-0.39, 0.29) is 11.9 Å². The zero-order valence-corrected chi connectivity index (χ0v) is 13.3. The van der Waals surface area contributed by atoms with Crippen molar-refractivity contribution in [2.24, 2.45) is 5.73 Å². The van der Waals surface area contributed by atoms with E-state index in [9.17, 15) is 9.59 Å². The zero-order valence-electron chi connectivity index (χ0n) is 13.3. The normalized spacial score (nSPS) is 18.6. The summed E-state index contributed by atoms with van der Waals surface area (Å²) in [7, 11) is 0. The summed E-state index contributed by atoms with van der Waals surface area (Å²) >= 11 is 0. The van der Waals surface area contributed by atoms with E-state index in [1.54, 1.807) is 0 Å². The Hall–Kier alpha value is -1.34. The second-order valence-corrected chi connectivity index (χ2v) is 6.28. The predicted octanol–water partition coefficient (Wildman–Crippen LogP) is 0.0504. The average molecular weight is 300 g/mol. The number of nitrogens with two attached hydrogens (primary N) is 1. The van der Waals surface area contributed by atoms with Gasteiger partial charge in [-0.2, -0.15) is 0 Å². The lowest BCUT2D eigenvalue weighted by molar-refractivity contribution is -0.123. The molecule has 1 atom stereocenters. The minimum absolute atomic E-state index is 0.345. The molecule has 1 aliphatic heterocycles. The molecule has 0 bridgehead atoms. The smallest absolute Gasteiger partial charge is 0.407 e. The van der Waals surface area contributed by atoms with Crippen LogP contribution < -0.4 is 16.4 Å². The minimum atomic E-state index is -0.524. The van der Waals surface area contributed by atoms with Gasteiger partial charge in [-0.25, -0.2) is 4.79 Å². The van der Waals surface area contributed by atoms with E-state index in [0.717, 1.165) is 32.6 Å². The Balaban J connectivity index is 2.41.